The molecule has 0 aliphatic rings. The summed E-state index contributed by atoms with van der Waals surface area (Å²) in [6.45, 7) is 9.11. The Morgan fingerprint density at radius 1 is 0.889 bits per heavy atom. The second kappa shape index (κ2) is 4.61. The van der Waals surface area contributed by atoms with E-state index in [9.17, 15) is 8.78 Å². The van der Waals surface area contributed by atoms with Gasteiger partial charge in [0.05, 0.1) is 0 Å². The van der Waals surface area contributed by atoms with Gasteiger partial charge in [-0.05, 0) is 11.0 Å². The average molecular weight is 255 g/mol. The van der Waals surface area contributed by atoms with E-state index in [1.165, 1.54) is 26.0 Å². The summed E-state index contributed by atoms with van der Waals surface area (Å²) in [6.07, 6.45) is 0. The molecule has 0 spiro atoms. The lowest BCUT2D eigenvalue weighted by molar-refractivity contribution is -0.108. The van der Waals surface area contributed by atoms with Crippen molar-refractivity contribution in [2.45, 2.75) is 46.0 Å². The van der Waals surface area contributed by atoms with E-state index in [0.717, 1.165) is 5.56 Å². The Bertz CT molecular complexity index is 399. The Labute approximate surface area is 108 Å². The van der Waals surface area contributed by atoms with Gasteiger partial charge in [-0.2, -0.15) is 0 Å². The van der Waals surface area contributed by atoms with Crippen LogP contribution in [0.5, 0.6) is 0 Å². The van der Waals surface area contributed by atoms with E-state index < -0.39 is 11.3 Å². The Kier molecular flexibility index (Phi) is 3.87. The lowest BCUT2D eigenvalue weighted by Crippen LogP contribution is -2.40. The van der Waals surface area contributed by atoms with Crippen molar-refractivity contribution < 1.29 is 8.78 Å². The molecule has 2 N–H and O–H groups in total. The number of alkyl halides is 2. The van der Waals surface area contributed by atoms with E-state index in [0.29, 0.717) is 0 Å². The largest absolute Gasteiger partial charge is 0.330 e. The fourth-order valence-electron chi connectivity index (χ4n) is 1.70. The molecule has 0 atom stereocenters. The van der Waals surface area contributed by atoms with Crippen molar-refractivity contribution in [1.82, 2.24) is 0 Å². The van der Waals surface area contributed by atoms with Crippen molar-refractivity contribution in [3.05, 3.63) is 35.4 Å². The predicted molar refractivity (Wildman–Crippen MR) is 71.9 cm³/mol. The van der Waals surface area contributed by atoms with Crippen LogP contribution in [0.1, 0.15) is 45.7 Å². The molecular weight excluding hydrogens is 232 g/mol. The average Bonchev–Trinajstić information content (AvgIpc) is 2.27. The number of nitrogens with two attached hydrogens (primary N) is 1. The highest BCUT2D eigenvalue weighted by atomic mass is 19.3. The molecule has 0 fully saturated rings. The highest BCUT2D eigenvalue weighted by Gasteiger charge is 2.47. The smallest absolute Gasteiger partial charge is 0.279 e. The standard InChI is InChI=1S/C15H23F2N/c1-13(2,3)11-6-8-12(9-7-11)15(16,17)14(4,5)10-18/h6-9H,10,18H2,1-5H3. The van der Waals surface area contributed by atoms with Crippen molar-refractivity contribution >= 4 is 0 Å². The number of hydrogen-bond donors (Lipinski definition) is 1. The third kappa shape index (κ3) is 2.72. The van der Waals surface area contributed by atoms with Crippen LogP contribution in [0.25, 0.3) is 0 Å². The summed E-state index contributed by atoms with van der Waals surface area (Å²) in [4.78, 5) is 0. The van der Waals surface area contributed by atoms with Crippen molar-refractivity contribution in [1.29, 1.82) is 0 Å². The van der Waals surface area contributed by atoms with Crippen LogP contribution in [0, 0.1) is 5.41 Å². The summed E-state index contributed by atoms with van der Waals surface area (Å²) in [5.74, 6) is -2.92. The van der Waals surface area contributed by atoms with E-state index in [1.54, 1.807) is 12.1 Å². The maximum atomic E-state index is 14.3. The van der Waals surface area contributed by atoms with Crippen molar-refractivity contribution in [2.75, 3.05) is 6.54 Å². The number of benzene rings is 1. The molecule has 0 bridgehead atoms. The van der Waals surface area contributed by atoms with Crippen LogP contribution in [0.15, 0.2) is 24.3 Å². The normalized spacial score (nSPS) is 13.8. The predicted octanol–water partition coefficient (Wildman–Crippen LogP) is 4.06. The first-order valence-corrected chi connectivity index (χ1v) is 6.21. The van der Waals surface area contributed by atoms with Crippen LogP contribution in [0.3, 0.4) is 0 Å². The zero-order valence-corrected chi connectivity index (χ0v) is 11.8. The highest BCUT2D eigenvalue weighted by molar-refractivity contribution is 5.30. The quantitative estimate of drug-likeness (QED) is 0.866. The molecule has 0 radical (unpaired) electrons. The first-order chi connectivity index (χ1) is 8.02. The minimum atomic E-state index is -2.92. The minimum absolute atomic E-state index is 0.0306. The van der Waals surface area contributed by atoms with Crippen LogP contribution in [0.2, 0.25) is 0 Å². The molecule has 1 aromatic rings. The van der Waals surface area contributed by atoms with Crippen LogP contribution < -0.4 is 5.73 Å². The topological polar surface area (TPSA) is 26.0 Å². The van der Waals surface area contributed by atoms with Gasteiger partial charge in [-0.25, -0.2) is 8.78 Å². The molecule has 1 nitrogen and oxygen atoms in total. The second-order valence-corrected chi connectivity index (χ2v) is 6.49. The Morgan fingerprint density at radius 3 is 1.61 bits per heavy atom. The van der Waals surface area contributed by atoms with Crippen molar-refractivity contribution in [2.24, 2.45) is 11.1 Å². The molecule has 0 saturated heterocycles. The SMILES string of the molecule is CC(C)(C)c1ccc(C(F)(F)C(C)(C)CN)cc1. The summed E-state index contributed by atoms with van der Waals surface area (Å²) < 4.78 is 28.6. The highest BCUT2D eigenvalue weighted by Crippen LogP contribution is 2.44. The Morgan fingerprint density at radius 2 is 1.28 bits per heavy atom. The molecule has 0 heterocycles. The molecule has 0 aromatic heterocycles. The first kappa shape index (κ1) is 15.1. The lowest BCUT2D eigenvalue weighted by Gasteiger charge is -2.33. The van der Waals surface area contributed by atoms with Gasteiger partial charge in [-0.1, -0.05) is 58.9 Å². The molecule has 3 heteroatoms. The Hall–Kier alpha value is -0.960. The third-order valence-corrected chi connectivity index (χ3v) is 3.47. The zero-order chi connectivity index (χ0) is 14.2. The van der Waals surface area contributed by atoms with Gasteiger partial charge in [-0.15, -0.1) is 0 Å². The maximum Gasteiger partial charge on any atom is 0.279 e. The molecule has 18 heavy (non-hydrogen) atoms. The van der Waals surface area contributed by atoms with E-state index in [-0.39, 0.29) is 17.5 Å². The minimum Gasteiger partial charge on any atom is -0.330 e. The molecule has 0 amide bonds. The van der Waals surface area contributed by atoms with Gasteiger partial charge in [0.15, 0.2) is 0 Å². The zero-order valence-electron chi connectivity index (χ0n) is 11.8. The fraction of sp³-hybridized carbons (Fsp3) is 0.600. The summed E-state index contributed by atoms with van der Waals surface area (Å²) >= 11 is 0. The van der Waals surface area contributed by atoms with Crippen molar-refractivity contribution in [3.8, 4) is 0 Å². The van der Waals surface area contributed by atoms with E-state index in [4.69, 9.17) is 5.73 Å². The monoisotopic (exact) mass is 255 g/mol. The van der Waals surface area contributed by atoms with Gasteiger partial charge in [0, 0.05) is 17.5 Å². The molecule has 0 aliphatic carbocycles. The van der Waals surface area contributed by atoms with E-state index in [1.807, 2.05) is 0 Å². The second-order valence-electron chi connectivity index (χ2n) is 6.49. The number of halogens is 2. The molecule has 0 aliphatic heterocycles. The maximum absolute atomic E-state index is 14.3. The van der Waals surface area contributed by atoms with Crippen molar-refractivity contribution in [3.63, 3.8) is 0 Å². The summed E-state index contributed by atoms with van der Waals surface area (Å²) in [7, 11) is 0. The van der Waals surface area contributed by atoms with Gasteiger partial charge >= 0.3 is 0 Å². The summed E-state index contributed by atoms with van der Waals surface area (Å²) in [6, 6.07) is 6.57. The van der Waals surface area contributed by atoms with E-state index >= 15 is 0 Å². The fourth-order valence-corrected chi connectivity index (χ4v) is 1.70. The molecule has 1 aromatic carbocycles. The molecule has 0 unspecified atom stereocenters. The summed E-state index contributed by atoms with van der Waals surface area (Å²) in [5, 5.41) is 0. The number of hydrogen-bond acceptors (Lipinski definition) is 1. The third-order valence-electron chi connectivity index (χ3n) is 3.47. The molecule has 102 valence electrons. The van der Waals surface area contributed by atoms with Crippen LogP contribution in [-0.2, 0) is 11.3 Å². The van der Waals surface area contributed by atoms with Crippen LogP contribution in [-0.4, -0.2) is 6.54 Å². The molecular formula is C15H23F2N. The summed E-state index contributed by atoms with van der Waals surface area (Å²) in [5.41, 5.74) is 5.26. The van der Waals surface area contributed by atoms with Gasteiger partial charge in [-0.3, -0.25) is 0 Å². The van der Waals surface area contributed by atoms with Gasteiger partial charge in [0.1, 0.15) is 0 Å². The van der Waals surface area contributed by atoms with Gasteiger partial charge < -0.3 is 5.73 Å². The van der Waals surface area contributed by atoms with Crippen LogP contribution in [0.4, 0.5) is 8.78 Å². The lowest BCUT2D eigenvalue weighted by atomic mass is 9.80. The Balaban J connectivity index is 3.13. The van der Waals surface area contributed by atoms with E-state index in [2.05, 4.69) is 20.8 Å². The first-order valence-electron chi connectivity index (χ1n) is 6.21. The molecule has 1 rings (SSSR count). The number of rotatable bonds is 3. The van der Waals surface area contributed by atoms with Crippen LogP contribution >= 0.6 is 0 Å². The van der Waals surface area contributed by atoms with Gasteiger partial charge in [0.25, 0.3) is 5.92 Å². The van der Waals surface area contributed by atoms with Gasteiger partial charge in [0.2, 0.25) is 0 Å². The molecule has 0 saturated carbocycles.